The Morgan fingerprint density at radius 3 is 2.38 bits per heavy atom. The largest absolute Gasteiger partial charge is 0.365 e. The van der Waals surface area contributed by atoms with Crippen molar-refractivity contribution in [3.05, 3.63) is 38.3 Å². The minimum absolute atomic E-state index is 0.377. The lowest BCUT2D eigenvalue weighted by Crippen LogP contribution is -2.38. The number of likely N-dealkylation sites (N-methyl/N-ethyl adjacent to an activating group) is 1. The molecule has 0 unspecified atom stereocenters. The van der Waals surface area contributed by atoms with Crippen molar-refractivity contribution < 1.29 is 14.5 Å². The fourth-order valence-corrected chi connectivity index (χ4v) is 1.84. The number of carbonyl (C=O) groups excluding carboxylic acids is 2. The molecule has 0 aliphatic rings. The number of nitrogens with zero attached hydrogens (tertiary/aromatic N) is 3. The van der Waals surface area contributed by atoms with Gasteiger partial charge in [-0.15, -0.1) is 0 Å². The molecule has 1 aromatic heterocycles. The highest BCUT2D eigenvalue weighted by molar-refractivity contribution is 5.93. The summed E-state index contributed by atoms with van der Waals surface area (Å²) in [6.45, 7) is 4.05. The predicted octanol–water partition coefficient (Wildman–Crippen LogP) is -0.276. The fourth-order valence-electron chi connectivity index (χ4n) is 1.84. The number of carbonyl (C=O) groups is 2. The maximum Gasteiger partial charge on any atom is 0.286 e. The summed E-state index contributed by atoms with van der Waals surface area (Å²) in [5.41, 5.74) is 3.21. The third-order valence-electron chi connectivity index (χ3n) is 2.97. The van der Waals surface area contributed by atoms with E-state index in [0.29, 0.717) is 13.1 Å². The molecule has 0 saturated carbocycles. The average Bonchev–Trinajstić information content (AvgIpc) is 2.41. The lowest BCUT2D eigenvalue weighted by atomic mass is 10.2. The molecule has 2 amide bonds. The van der Waals surface area contributed by atoms with Gasteiger partial charge in [-0.05, 0) is 13.8 Å². The molecule has 21 heavy (non-hydrogen) atoms. The Labute approximate surface area is 120 Å². The number of amides is 2. The number of rotatable bonds is 6. The fraction of sp³-hybridized carbons (Fsp3) is 0.417. The summed E-state index contributed by atoms with van der Waals surface area (Å²) >= 11 is 0. The Bertz CT molecular complexity index is 633. The summed E-state index contributed by atoms with van der Waals surface area (Å²) in [4.78, 5) is 46.7. The number of nitrogens with two attached hydrogens (primary N) is 1. The molecule has 0 saturated heterocycles. The monoisotopic (exact) mass is 296 g/mol. The van der Waals surface area contributed by atoms with E-state index < -0.39 is 27.6 Å². The van der Waals surface area contributed by atoms with Gasteiger partial charge in [-0.25, -0.2) is 0 Å². The first kappa shape index (κ1) is 16.3. The van der Waals surface area contributed by atoms with Crippen molar-refractivity contribution in [1.82, 2.24) is 9.47 Å². The van der Waals surface area contributed by atoms with Crippen LogP contribution in [0.2, 0.25) is 0 Å². The molecule has 9 nitrogen and oxygen atoms in total. The molecule has 0 atom stereocenters. The normalized spacial score (nSPS) is 10.2. The van der Waals surface area contributed by atoms with E-state index in [4.69, 9.17) is 5.73 Å². The van der Waals surface area contributed by atoms with E-state index in [-0.39, 0.29) is 12.5 Å². The Morgan fingerprint density at radius 1 is 1.38 bits per heavy atom. The van der Waals surface area contributed by atoms with Gasteiger partial charge in [0.1, 0.15) is 12.1 Å². The summed E-state index contributed by atoms with van der Waals surface area (Å²) in [5.74, 6) is -1.45. The van der Waals surface area contributed by atoms with E-state index in [1.54, 1.807) is 13.8 Å². The van der Waals surface area contributed by atoms with Gasteiger partial charge in [-0.1, -0.05) is 0 Å². The molecule has 0 fully saturated rings. The number of hydrogen-bond donors (Lipinski definition) is 1. The number of pyridine rings is 1. The van der Waals surface area contributed by atoms with Gasteiger partial charge < -0.3 is 10.6 Å². The van der Waals surface area contributed by atoms with Crippen molar-refractivity contribution in [3.8, 4) is 0 Å². The van der Waals surface area contributed by atoms with E-state index in [1.807, 2.05) is 0 Å². The molecule has 0 aliphatic heterocycles. The minimum atomic E-state index is -1.08. The zero-order valence-electron chi connectivity index (χ0n) is 11.7. The van der Waals surface area contributed by atoms with Gasteiger partial charge in [-0.2, -0.15) is 0 Å². The quantitative estimate of drug-likeness (QED) is 0.570. The standard InChI is InChI=1S/C12H16N4O5/c1-3-14(4-2)10(17)7-15-6-8(16(20)21)5-9(11(13)18)12(15)19/h5-6H,3-4,7H2,1-2H3,(H2,13,18). The van der Waals surface area contributed by atoms with Crippen LogP contribution in [0.25, 0.3) is 0 Å². The number of nitro groups is 1. The molecule has 114 valence electrons. The molecule has 2 N–H and O–H groups in total. The Morgan fingerprint density at radius 2 is 1.95 bits per heavy atom. The molecule has 1 heterocycles. The van der Waals surface area contributed by atoms with Gasteiger partial charge in [0.25, 0.3) is 17.2 Å². The molecule has 1 rings (SSSR count). The van der Waals surface area contributed by atoms with Crippen LogP contribution in [0.5, 0.6) is 0 Å². The lowest BCUT2D eigenvalue weighted by molar-refractivity contribution is -0.385. The van der Waals surface area contributed by atoms with Crippen molar-refractivity contribution >= 4 is 17.5 Å². The van der Waals surface area contributed by atoms with Crippen LogP contribution < -0.4 is 11.3 Å². The highest BCUT2D eigenvalue weighted by Gasteiger charge is 2.19. The first-order valence-corrected chi connectivity index (χ1v) is 6.28. The SMILES string of the molecule is CCN(CC)C(=O)Cn1cc([N+](=O)[O-])cc(C(N)=O)c1=O. The molecule has 0 spiro atoms. The Hall–Kier alpha value is -2.71. The third kappa shape index (κ3) is 3.65. The van der Waals surface area contributed by atoms with Gasteiger partial charge in [-0.3, -0.25) is 29.1 Å². The molecule has 0 bridgehead atoms. The molecule has 9 heteroatoms. The number of hydrogen-bond acceptors (Lipinski definition) is 5. The summed E-state index contributed by atoms with van der Waals surface area (Å²) in [7, 11) is 0. The smallest absolute Gasteiger partial charge is 0.286 e. The van der Waals surface area contributed by atoms with Crippen LogP contribution in [0, 0.1) is 10.1 Å². The molecule has 0 radical (unpaired) electrons. The van der Waals surface area contributed by atoms with Gasteiger partial charge >= 0.3 is 0 Å². The van der Waals surface area contributed by atoms with E-state index >= 15 is 0 Å². The zero-order chi connectivity index (χ0) is 16.2. The first-order chi connectivity index (χ1) is 9.81. The Balaban J connectivity index is 3.29. The first-order valence-electron chi connectivity index (χ1n) is 6.28. The van der Waals surface area contributed by atoms with Gasteiger partial charge in [0, 0.05) is 19.2 Å². The van der Waals surface area contributed by atoms with Crippen LogP contribution in [0.15, 0.2) is 17.1 Å². The predicted molar refractivity (Wildman–Crippen MR) is 73.8 cm³/mol. The van der Waals surface area contributed by atoms with Crippen molar-refractivity contribution in [2.75, 3.05) is 13.1 Å². The molecular weight excluding hydrogens is 280 g/mol. The van der Waals surface area contributed by atoms with Crippen molar-refractivity contribution in [2.24, 2.45) is 5.73 Å². The topological polar surface area (TPSA) is 129 Å². The van der Waals surface area contributed by atoms with E-state index in [9.17, 15) is 24.5 Å². The van der Waals surface area contributed by atoms with E-state index in [0.717, 1.165) is 16.8 Å². The molecule has 0 aliphatic carbocycles. The second-order valence-electron chi connectivity index (χ2n) is 4.23. The van der Waals surface area contributed by atoms with Crippen LogP contribution >= 0.6 is 0 Å². The van der Waals surface area contributed by atoms with Crippen molar-refractivity contribution in [2.45, 2.75) is 20.4 Å². The maximum atomic E-state index is 12.0. The third-order valence-corrected chi connectivity index (χ3v) is 2.97. The number of primary amides is 1. The highest BCUT2D eigenvalue weighted by Crippen LogP contribution is 2.10. The summed E-state index contributed by atoms with van der Waals surface area (Å²) < 4.78 is 0.832. The van der Waals surface area contributed by atoms with Crippen LogP contribution in [-0.2, 0) is 11.3 Å². The lowest BCUT2D eigenvalue weighted by Gasteiger charge is -2.19. The summed E-state index contributed by atoms with van der Waals surface area (Å²) in [6.07, 6.45) is 0.927. The van der Waals surface area contributed by atoms with Gasteiger partial charge in [0.2, 0.25) is 5.91 Å². The maximum absolute atomic E-state index is 12.0. The van der Waals surface area contributed by atoms with E-state index in [2.05, 4.69) is 0 Å². The Kier molecular flexibility index (Phi) is 5.17. The highest BCUT2D eigenvalue weighted by atomic mass is 16.6. The van der Waals surface area contributed by atoms with Crippen LogP contribution in [0.1, 0.15) is 24.2 Å². The summed E-state index contributed by atoms with van der Waals surface area (Å²) in [6, 6.07) is 0.809. The average molecular weight is 296 g/mol. The second-order valence-corrected chi connectivity index (χ2v) is 4.23. The minimum Gasteiger partial charge on any atom is -0.365 e. The van der Waals surface area contributed by atoms with Gasteiger partial charge in [0.05, 0.1) is 11.1 Å². The van der Waals surface area contributed by atoms with Gasteiger partial charge in [0.15, 0.2) is 0 Å². The van der Waals surface area contributed by atoms with Crippen LogP contribution in [-0.4, -0.2) is 39.3 Å². The molecule has 1 aromatic rings. The molecule has 0 aromatic carbocycles. The summed E-state index contributed by atoms with van der Waals surface area (Å²) in [5, 5.41) is 10.8. The van der Waals surface area contributed by atoms with Crippen molar-refractivity contribution in [3.63, 3.8) is 0 Å². The van der Waals surface area contributed by atoms with E-state index in [1.165, 1.54) is 4.90 Å². The molecular formula is C12H16N4O5. The number of aromatic nitrogens is 1. The second kappa shape index (κ2) is 6.64. The zero-order valence-corrected chi connectivity index (χ0v) is 11.7. The van der Waals surface area contributed by atoms with Crippen LogP contribution in [0.4, 0.5) is 5.69 Å². The van der Waals surface area contributed by atoms with Crippen molar-refractivity contribution in [1.29, 1.82) is 0 Å². The van der Waals surface area contributed by atoms with Crippen LogP contribution in [0.3, 0.4) is 0 Å².